The van der Waals surface area contributed by atoms with Crippen molar-refractivity contribution in [3.05, 3.63) is 46.1 Å². The monoisotopic (exact) mass is 306 g/mol. The first-order valence-electron chi connectivity index (χ1n) is 6.62. The van der Waals surface area contributed by atoms with Crippen LogP contribution >= 0.6 is 11.8 Å². The normalized spacial score (nSPS) is 12.1. The van der Waals surface area contributed by atoms with Gasteiger partial charge < -0.3 is 5.32 Å². The maximum Gasteiger partial charge on any atom is 0.333 e. The minimum absolute atomic E-state index is 0.0504. The largest absolute Gasteiger partial charge is 0.363 e. The molecule has 1 atom stereocenters. The summed E-state index contributed by atoms with van der Waals surface area (Å²) in [5, 5.41) is 18.6. The van der Waals surface area contributed by atoms with Crippen LogP contribution in [0.25, 0.3) is 0 Å². The number of benzene rings is 1. The fraction of sp³-hybridized carbons (Fsp3) is 0.357. The maximum atomic E-state index is 11.1. The number of thioether (sulfide) groups is 1. The molecular formula is C14H18N4O2S. The molecule has 0 aliphatic rings. The van der Waals surface area contributed by atoms with Gasteiger partial charge >= 0.3 is 5.69 Å². The minimum atomic E-state index is -0.389. The summed E-state index contributed by atoms with van der Waals surface area (Å²) in [5.74, 6) is 0.456. The molecular weight excluding hydrogens is 288 g/mol. The summed E-state index contributed by atoms with van der Waals surface area (Å²) in [5.41, 5.74) is 0.475. The number of hydrogen-bond acceptors (Lipinski definition) is 5. The Morgan fingerprint density at radius 2 is 2.10 bits per heavy atom. The van der Waals surface area contributed by atoms with Crippen molar-refractivity contribution in [2.45, 2.75) is 24.0 Å². The molecule has 0 aliphatic heterocycles. The predicted octanol–water partition coefficient (Wildman–Crippen LogP) is 3.23. The number of nitro groups is 1. The molecule has 6 nitrogen and oxygen atoms in total. The van der Waals surface area contributed by atoms with Crippen LogP contribution in [0.4, 0.5) is 11.5 Å². The van der Waals surface area contributed by atoms with Gasteiger partial charge in [-0.05, 0) is 19.1 Å². The zero-order valence-corrected chi connectivity index (χ0v) is 13.1. The molecule has 7 heteroatoms. The SMILES string of the molecule is Cc1nn(C)c(NCC(C)Sc2ccccc2)c1[N+](=O)[O-]. The zero-order chi connectivity index (χ0) is 15.4. The van der Waals surface area contributed by atoms with Gasteiger partial charge in [0.2, 0.25) is 5.82 Å². The van der Waals surface area contributed by atoms with Crippen molar-refractivity contribution < 1.29 is 4.92 Å². The lowest BCUT2D eigenvalue weighted by Gasteiger charge is -2.13. The molecule has 0 saturated heterocycles. The average Bonchev–Trinajstić information content (AvgIpc) is 2.72. The minimum Gasteiger partial charge on any atom is -0.363 e. The number of nitrogens with zero attached hydrogens (tertiary/aromatic N) is 3. The van der Waals surface area contributed by atoms with E-state index in [2.05, 4.69) is 29.5 Å². The molecule has 0 saturated carbocycles. The van der Waals surface area contributed by atoms with E-state index in [1.54, 1.807) is 25.7 Å². The van der Waals surface area contributed by atoms with E-state index in [-0.39, 0.29) is 15.9 Å². The van der Waals surface area contributed by atoms with Gasteiger partial charge in [-0.3, -0.25) is 10.1 Å². The van der Waals surface area contributed by atoms with Gasteiger partial charge in [-0.1, -0.05) is 25.1 Å². The second-order valence-corrected chi connectivity index (χ2v) is 6.30. The van der Waals surface area contributed by atoms with Crippen molar-refractivity contribution in [2.24, 2.45) is 7.05 Å². The van der Waals surface area contributed by atoms with E-state index in [4.69, 9.17) is 0 Å². The van der Waals surface area contributed by atoms with Crippen LogP contribution in [0.1, 0.15) is 12.6 Å². The maximum absolute atomic E-state index is 11.1. The average molecular weight is 306 g/mol. The first-order chi connectivity index (χ1) is 9.99. The van der Waals surface area contributed by atoms with Crippen LogP contribution < -0.4 is 5.32 Å². The highest BCUT2D eigenvalue weighted by atomic mass is 32.2. The second-order valence-electron chi connectivity index (χ2n) is 4.79. The topological polar surface area (TPSA) is 73.0 Å². The highest BCUT2D eigenvalue weighted by Crippen LogP contribution is 2.28. The Morgan fingerprint density at radius 3 is 2.71 bits per heavy atom. The Kier molecular flexibility index (Phi) is 4.85. The van der Waals surface area contributed by atoms with Gasteiger partial charge in [-0.2, -0.15) is 5.10 Å². The molecule has 1 unspecified atom stereocenters. The Labute approximate surface area is 127 Å². The lowest BCUT2D eigenvalue weighted by molar-refractivity contribution is -0.384. The smallest absolute Gasteiger partial charge is 0.333 e. The van der Waals surface area contributed by atoms with Gasteiger partial charge in [0, 0.05) is 23.7 Å². The van der Waals surface area contributed by atoms with Crippen molar-refractivity contribution in [1.82, 2.24) is 9.78 Å². The fourth-order valence-corrected chi connectivity index (χ4v) is 3.02. The van der Waals surface area contributed by atoms with E-state index < -0.39 is 0 Å². The molecule has 1 N–H and O–H groups in total. The van der Waals surface area contributed by atoms with Crippen LogP contribution in [-0.2, 0) is 7.05 Å². The highest BCUT2D eigenvalue weighted by molar-refractivity contribution is 8.00. The van der Waals surface area contributed by atoms with Crippen LogP contribution in [0.15, 0.2) is 35.2 Å². The molecule has 0 aliphatic carbocycles. The van der Waals surface area contributed by atoms with Gasteiger partial charge in [-0.25, -0.2) is 4.68 Å². The molecule has 2 rings (SSSR count). The standard InChI is InChI=1S/C14H18N4O2S/c1-10(21-12-7-5-4-6-8-12)9-15-14-13(18(19)20)11(2)16-17(14)3/h4-8,10,15H,9H2,1-3H3. The molecule has 21 heavy (non-hydrogen) atoms. The molecule has 1 aromatic carbocycles. The summed E-state index contributed by atoms with van der Waals surface area (Å²) in [6, 6.07) is 10.1. The molecule has 0 amide bonds. The second kappa shape index (κ2) is 6.62. The summed E-state index contributed by atoms with van der Waals surface area (Å²) in [6.07, 6.45) is 0. The van der Waals surface area contributed by atoms with Crippen molar-refractivity contribution in [3.63, 3.8) is 0 Å². The Balaban J connectivity index is 2.01. The zero-order valence-electron chi connectivity index (χ0n) is 12.2. The van der Waals surface area contributed by atoms with E-state index in [9.17, 15) is 10.1 Å². The molecule has 0 radical (unpaired) electrons. The Bertz CT molecular complexity index is 627. The quantitative estimate of drug-likeness (QED) is 0.504. The van der Waals surface area contributed by atoms with Gasteiger partial charge in [-0.15, -0.1) is 11.8 Å². The van der Waals surface area contributed by atoms with E-state index in [0.29, 0.717) is 18.1 Å². The summed E-state index contributed by atoms with van der Waals surface area (Å²) >= 11 is 1.73. The predicted molar refractivity (Wildman–Crippen MR) is 84.9 cm³/mol. The van der Waals surface area contributed by atoms with Crippen LogP contribution in [0.2, 0.25) is 0 Å². The molecule has 2 aromatic rings. The van der Waals surface area contributed by atoms with Gasteiger partial charge in [0.25, 0.3) is 0 Å². The third kappa shape index (κ3) is 3.75. The molecule has 0 bridgehead atoms. The number of hydrogen-bond donors (Lipinski definition) is 1. The molecule has 112 valence electrons. The summed E-state index contributed by atoms with van der Waals surface area (Å²) in [7, 11) is 1.71. The molecule has 0 fully saturated rings. The lowest BCUT2D eigenvalue weighted by atomic mass is 10.3. The number of rotatable bonds is 6. The van der Waals surface area contributed by atoms with Crippen molar-refractivity contribution >= 4 is 23.3 Å². The molecule has 1 heterocycles. The first-order valence-corrected chi connectivity index (χ1v) is 7.50. The van der Waals surface area contributed by atoms with Gasteiger partial charge in [0.15, 0.2) is 0 Å². The van der Waals surface area contributed by atoms with E-state index in [1.807, 2.05) is 18.2 Å². The molecule has 1 aromatic heterocycles. The van der Waals surface area contributed by atoms with E-state index >= 15 is 0 Å². The van der Waals surface area contributed by atoms with Crippen LogP contribution in [0.5, 0.6) is 0 Å². The van der Waals surface area contributed by atoms with Crippen LogP contribution in [-0.4, -0.2) is 26.5 Å². The van der Waals surface area contributed by atoms with Crippen molar-refractivity contribution in [2.75, 3.05) is 11.9 Å². The third-order valence-corrected chi connectivity index (χ3v) is 4.12. The summed E-state index contributed by atoms with van der Waals surface area (Å²) < 4.78 is 1.52. The number of anilines is 1. The van der Waals surface area contributed by atoms with Gasteiger partial charge in [0.05, 0.1) is 4.92 Å². The number of aryl methyl sites for hydroxylation is 2. The van der Waals surface area contributed by atoms with E-state index in [0.717, 1.165) is 0 Å². The Hall–Kier alpha value is -2.02. The number of nitrogens with one attached hydrogen (secondary N) is 1. The molecule has 0 spiro atoms. The summed E-state index contributed by atoms with van der Waals surface area (Å²) in [4.78, 5) is 11.9. The Morgan fingerprint density at radius 1 is 1.43 bits per heavy atom. The fourth-order valence-electron chi connectivity index (χ4n) is 2.08. The van der Waals surface area contributed by atoms with Gasteiger partial charge in [0.1, 0.15) is 5.69 Å². The van der Waals surface area contributed by atoms with Crippen molar-refractivity contribution in [1.29, 1.82) is 0 Å². The lowest BCUT2D eigenvalue weighted by Crippen LogP contribution is -2.16. The van der Waals surface area contributed by atoms with E-state index in [1.165, 1.54) is 9.58 Å². The first kappa shape index (κ1) is 15.4. The third-order valence-electron chi connectivity index (χ3n) is 3.01. The highest BCUT2D eigenvalue weighted by Gasteiger charge is 2.24. The number of aromatic nitrogens is 2. The summed E-state index contributed by atoms with van der Waals surface area (Å²) in [6.45, 7) is 4.35. The van der Waals surface area contributed by atoms with Crippen molar-refractivity contribution in [3.8, 4) is 0 Å². The van der Waals surface area contributed by atoms with Crippen LogP contribution in [0, 0.1) is 17.0 Å². The van der Waals surface area contributed by atoms with Crippen LogP contribution in [0.3, 0.4) is 0 Å².